The van der Waals surface area contributed by atoms with Crippen LogP contribution in [0.15, 0.2) is 48.8 Å². The van der Waals surface area contributed by atoms with Crippen molar-refractivity contribution in [2.45, 2.75) is 25.4 Å². The first-order valence-corrected chi connectivity index (χ1v) is 7.87. The van der Waals surface area contributed by atoms with Gasteiger partial charge in [0, 0.05) is 42.3 Å². The zero-order chi connectivity index (χ0) is 16.1. The van der Waals surface area contributed by atoms with Crippen molar-refractivity contribution in [1.29, 1.82) is 0 Å². The van der Waals surface area contributed by atoms with E-state index >= 15 is 0 Å². The minimum atomic E-state index is -0.130. The van der Waals surface area contributed by atoms with Gasteiger partial charge in [0.2, 0.25) is 0 Å². The fraction of sp³-hybridized carbons (Fsp3) is 0.333. The summed E-state index contributed by atoms with van der Waals surface area (Å²) in [5.74, 6) is -0.130. The average Bonchev–Trinajstić information content (AvgIpc) is 3.09. The summed E-state index contributed by atoms with van der Waals surface area (Å²) in [5.41, 5.74) is 2.58. The lowest BCUT2D eigenvalue weighted by molar-refractivity contribution is 0.102. The van der Waals surface area contributed by atoms with Gasteiger partial charge in [-0.25, -0.2) is 0 Å². The van der Waals surface area contributed by atoms with Crippen molar-refractivity contribution >= 4 is 11.6 Å². The molecular weight excluding hydrogens is 290 g/mol. The average molecular weight is 311 g/mol. The van der Waals surface area contributed by atoms with Gasteiger partial charge in [0.15, 0.2) is 0 Å². The molecule has 0 spiro atoms. The predicted molar refractivity (Wildman–Crippen MR) is 89.4 cm³/mol. The van der Waals surface area contributed by atoms with Crippen LogP contribution < -0.4 is 10.6 Å². The molecule has 3 rings (SSSR count). The summed E-state index contributed by atoms with van der Waals surface area (Å²) in [6.07, 6.45) is 4.28. The van der Waals surface area contributed by atoms with E-state index in [9.17, 15) is 4.79 Å². The Morgan fingerprint density at radius 2 is 1.96 bits per heavy atom. The molecule has 1 aromatic heterocycles. The highest BCUT2D eigenvalue weighted by Gasteiger charge is 2.18. The fourth-order valence-electron chi connectivity index (χ4n) is 2.68. The van der Waals surface area contributed by atoms with Crippen LogP contribution in [0, 0.1) is 0 Å². The lowest BCUT2D eigenvalue weighted by atomic mass is 10.1. The normalized spacial score (nSPS) is 18.6. The number of carbonyl (C=O) groups excluding carboxylic acids is 1. The first-order valence-electron chi connectivity index (χ1n) is 7.87. The number of anilines is 1. The van der Waals surface area contributed by atoms with Crippen molar-refractivity contribution in [1.82, 2.24) is 10.3 Å². The van der Waals surface area contributed by atoms with Crippen LogP contribution in [0.1, 0.15) is 35.3 Å². The molecule has 0 radical (unpaired) electrons. The summed E-state index contributed by atoms with van der Waals surface area (Å²) in [7, 11) is 0. The number of amides is 1. The van der Waals surface area contributed by atoms with Crippen molar-refractivity contribution in [2.24, 2.45) is 0 Å². The van der Waals surface area contributed by atoms with Gasteiger partial charge in [-0.15, -0.1) is 0 Å². The van der Waals surface area contributed by atoms with Gasteiger partial charge in [-0.1, -0.05) is 12.1 Å². The maximum atomic E-state index is 12.1. The van der Waals surface area contributed by atoms with Gasteiger partial charge in [-0.05, 0) is 43.2 Å². The van der Waals surface area contributed by atoms with Crippen LogP contribution in [0.25, 0.3) is 0 Å². The standard InChI is InChI=1S/C18H21N3O2/c1-13(20-17-8-11-23-12-17)14-2-4-16(5-3-14)21-18(22)15-6-9-19-10-7-15/h2-7,9-10,13,17,20H,8,11-12H2,1H3,(H,21,22)/t13-,17-/m1/s1. The van der Waals surface area contributed by atoms with Gasteiger partial charge in [0.25, 0.3) is 5.91 Å². The molecule has 0 aliphatic carbocycles. The van der Waals surface area contributed by atoms with Crippen molar-refractivity contribution in [3.8, 4) is 0 Å². The molecule has 1 saturated heterocycles. The molecule has 23 heavy (non-hydrogen) atoms. The van der Waals surface area contributed by atoms with Gasteiger partial charge in [-0.2, -0.15) is 0 Å². The molecule has 1 amide bonds. The Hall–Kier alpha value is -2.24. The molecule has 1 aliphatic rings. The van der Waals surface area contributed by atoms with Gasteiger partial charge in [-0.3, -0.25) is 9.78 Å². The van der Waals surface area contributed by atoms with Crippen molar-refractivity contribution in [3.63, 3.8) is 0 Å². The number of carbonyl (C=O) groups is 1. The molecule has 5 nitrogen and oxygen atoms in total. The van der Waals surface area contributed by atoms with E-state index < -0.39 is 0 Å². The Morgan fingerprint density at radius 1 is 1.22 bits per heavy atom. The lowest BCUT2D eigenvalue weighted by Crippen LogP contribution is -2.31. The summed E-state index contributed by atoms with van der Waals surface area (Å²) >= 11 is 0. The maximum absolute atomic E-state index is 12.1. The Bertz CT molecular complexity index is 637. The highest BCUT2D eigenvalue weighted by Crippen LogP contribution is 2.18. The molecule has 5 heteroatoms. The van der Waals surface area contributed by atoms with E-state index in [4.69, 9.17) is 4.74 Å². The van der Waals surface area contributed by atoms with Crippen LogP contribution >= 0.6 is 0 Å². The van der Waals surface area contributed by atoms with Gasteiger partial charge in [0.1, 0.15) is 0 Å². The molecule has 2 aromatic rings. The first kappa shape index (κ1) is 15.6. The number of hydrogen-bond acceptors (Lipinski definition) is 4. The zero-order valence-corrected chi connectivity index (χ0v) is 13.2. The molecule has 0 unspecified atom stereocenters. The van der Waals surface area contributed by atoms with E-state index in [2.05, 4.69) is 22.5 Å². The Balaban J connectivity index is 1.59. The number of rotatable bonds is 5. The Morgan fingerprint density at radius 3 is 2.61 bits per heavy atom. The Labute approximate surface area is 136 Å². The number of benzene rings is 1. The van der Waals surface area contributed by atoms with Crippen molar-refractivity contribution in [3.05, 3.63) is 59.9 Å². The van der Waals surface area contributed by atoms with Gasteiger partial charge >= 0.3 is 0 Å². The second kappa shape index (κ2) is 7.35. The molecule has 0 bridgehead atoms. The summed E-state index contributed by atoms with van der Waals surface area (Å²) in [6, 6.07) is 12.0. The van der Waals surface area contributed by atoms with Crippen LogP contribution in [0.3, 0.4) is 0 Å². The Kier molecular flexibility index (Phi) is 5.00. The van der Waals surface area contributed by atoms with E-state index in [1.54, 1.807) is 24.5 Å². The molecule has 1 aliphatic heterocycles. The summed E-state index contributed by atoms with van der Waals surface area (Å²) in [6.45, 7) is 3.76. The van der Waals surface area contributed by atoms with Crippen LogP contribution in [0.2, 0.25) is 0 Å². The minimum absolute atomic E-state index is 0.130. The molecule has 0 saturated carbocycles. The molecule has 120 valence electrons. The van der Waals surface area contributed by atoms with E-state index in [0.29, 0.717) is 11.6 Å². The number of ether oxygens (including phenoxy) is 1. The molecule has 1 aromatic carbocycles. The third-order valence-electron chi connectivity index (χ3n) is 4.03. The van der Waals surface area contributed by atoms with Crippen LogP contribution in [-0.2, 0) is 4.74 Å². The quantitative estimate of drug-likeness (QED) is 0.891. The van der Waals surface area contributed by atoms with Gasteiger partial charge < -0.3 is 15.4 Å². The number of nitrogens with zero attached hydrogens (tertiary/aromatic N) is 1. The van der Waals surface area contributed by atoms with Gasteiger partial charge in [0.05, 0.1) is 6.61 Å². The maximum Gasteiger partial charge on any atom is 0.255 e. The third-order valence-corrected chi connectivity index (χ3v) is 4.03. The smallest absolute Gasteiger partial charge is 0.255 e. The SMILES string of the molecule is C[C@@H](N[C@@H]1CCOC1)c1ccc(NC(=O)c2ccncc2)cc1. The predicted octanol–water partition coefficient (Wildman–Crippen LogP) is 2.77. The molecule has 2 N–H and O–H groups in total. The third kappa shape index (κ3) is 4.15. The number of aromatic nitrogens is 1. The van der Waals surface area contributed by atoms with Crippen LogP contribution in [0.4, 0.5) is 5.69 Å². The molecular formula is C18H21N3O2. The van der Waals surface area contributed by atoms with E-state index in [-0.39, 0.29) is 11.9 Å². The number of pyridine rings is 1. The van der Waals surface area contributed by atoms with E-state index in [1.807, 2.05) is 24.3 Å². The van der Waals surface area contributed by atoms with E-state index in [0.717, 1.165) is 25.3 Å². The second-order valence-electron chi connectivity index (χ2n) is 5.76. The number of nitrogens with one attached hydrogen (secondary N) is 2. The van der Waals surface area contributed by atoms with Crippen molar-refractivity contribution in [2.75, 3.05) is 18.5 Å². The summed E-state index contributed by atoms with van der Waals surface area (Å²) in [4.78, 5) is 16.0. The first-order chi connectivity index (χ1) is 11.2. The highest BCUT2D eigenvalue weighted by atomic mass is 16.5. The van der Waals surface area contributed by atoms with Crippen molar-refractivity contribution < 1.29 is 9.53 Å². The molecule has 1 fully saturated rings. The lowest BCUT2D eigenvalue weighted by Gasteiger charge is -2.19. The summed E-state index contributed by atoms with van der Waals surface area (Å²) < 4.78 is 5.38. The second-order valence-corrected chi connectivity index (χ2v) is 5.76. The monoisotopic (exact) mass is 311 g/mol. The fourth-order valence-corrected chi connectivity index (χ4v) is 2.68. The summed E-state index contributed by atoms with van der Waals surface area (Å²) in [5, 5.41) is 6.45. The minimum Gasteiger partial charge on any atom is -0.380 e. The number of hydrogen-bond donors (Lipinski definition) is 2. The molecule has 2 atom stereocenters. The topological polar surface area (TPSA) is 63.2 Å². The van der Waals surface area contributed by atoms with Crippen LogP contribution in [-0.4, -0.2) is 30.1 Å². The highest BCUT2D eigenvalue weighted by molar-refractivity contribution is 6.04. The van der Waals surface area contributed by atoms with E-state index in [1.165, 1.54) is 5.56 Å². The van der Waals surface area contributed by atoms with Crippen LogP contribution in [0.5, 0.6) is 0 Å². The zero-order valence-electron chi connectivity index (χ0n) is 13.2. The largest absolute Gasteiger partial charge is 0.380 e. The molecule has 2 heterocycles.